The zero-order valence-corrected chi connectivity index (χ0v) is 10.3. The minimum absolute atomic E-state index is 0.356. The van der Waals surface area contributed by atoms with Crippen LogP contribution in [0, 0.1) is 0 Å². The van der Waals surface area contributed by atoms with Gasteiger partial charge in [-0.3, -0.25) is 0 Å². The molecule has 2 N–H and O–H groups in total. The van der Waals surface area contributed by atoms with Crippen molar-refractivity contribution in [2.45, 2.75) is 13.0 Å². The number of nitrogens with one attached hydrogen (secondary N) is 1. The predicted octanol–water partition coefficient (Wildman–Crippen LogP) is 3.27. The Bertz CT molecular complexity index is 466. The zero-order valence-electron chi connectivity index (χ0n) is 10.3. The fourth-order valence-electron chi connectivity index (χ4n) is 1.53. The van der Waals surface area contributed by atoms with Crippen molar-refractivity contribution in [2.75, 3.05) is 11.9 Å². The number of hydrogen-bond donors (Lipinski definition) is 2. The highest BCUT2D eigenvalue weighted by Gasteiger charge is 1.98. The van der Waals surface area contributed by atoms with Gasteiger partial charge in [-0.05, 0) is 43.3 Å². The van der Waals surface area contributed by atoms with E-state index in [4.69, 9.17) is 4.74 Å². The van der Waals surface area contributed by atoms with E-state index in [0.717, 1.165) is 17.2 Å². The standard InChI is InChI=1S/C15H17NO2/c1-12(17)11-16-13-7-9-15(10-8-13)18-14-5-3-2-4-6-14/h2-10,12,16-17H,11H2,1H3/t12-/m0/s1. The lowest BCUT2D eigenvalue weighted by Crippen LogP contribution is -2.15. The molecule has 2 aromatic carbocycles. The topological polar surface area (TPSA) is 41.5 Å². The molecule has 0 unspecified atom stereocenters. The zero-order chi connectivity index (χ0) is 12.8. The lowest BCUT2D eigenvalue weighted by atomic mass is 10.3. The fraction of sp³-hybridized carbons (Fsp3) is 0.200. The number of aliphatic hydroxyl groups is 1. The van der Waals surface area contributed by atoms with E-state index in [1.54, 1.807) is 6.92 Å². The monoisotopic (exact) mass is 243 g/mol. The Morgan fingerprint density at radius 2 is 1.61 bits per heavy atom. The summed E-state index contributed by atoms with van der Waals surface area (Å²) < 4.78 is 5.68. The Morgan fingerprint density at radius 3 is 2.22 bits per heavy atom. The summed E-state index contributed by atoms with van der Waals surface area (Å²) in [5.41, 5.74) is 0.969. The van der Waals surface area contributed by atoms with Gasteiger partial charge in [0.2, 0.25) is 0 Å². The number of rotatable bonds is 5. The first-order valence-electron chi connectivity index (χ1n) is 5.99. The molecule has 0 saturated heterocycles. The van der Waals surface area contributed by atoms with E-state index in [2.05, 4.69) is 5.32 Å². The molecule has 94 valence electrons. The average Bonchev–Trinajstić information content (AvgIpc) is 2.39. The highest BCUT2D eigenvalue weighted by Crippen LogP contribution is 2.22. The molecule has 0 aromatic heterocycles. The van der Waals surface area contributed by atoms with Crippen molar-refractivity contribution in [3.63, 3.8) is 0 Å². The van der Waals surface area contributed by atoms with Crippen LogP contribution in [0.4, 0.5) is 5.69 Å². The van der Waals surface area contributed by atoms with Gasteiger partial charge < -0.3 is 15.2 Å². The summed E-state index contributed by atoms with van der Waals surface area (Å²) in [7, 11) is 0. The molecule has 0 aliphatic carbocycles. The third-order valence-corrected chi connectivity index (χ3v) is 2.43. The first-order chi connectivity index (χ1) is 8.74. The predicted molar refractivity (Wildman–Crippen MR) is 73.1 cm³/mol. The van der Waals surface area contributed by atoms with Crippen LogP contribution >= 0.6 is 0 Å². The normalized spacial score (nSPS) is 11.9. The van der Waals surface area contributed by atoms with Crippen molar-refractivity contribution in [2.24, 2.45) is 0 Å². The smallest absolute Gasteiger partial charge is 0.127 e. The molecular formula is C15H17NO2. The fourth-order valence-corrected chi connectivity index (χ4v) is 1.53. The number of ether oxygens (including phenoxy) is 1. The quantitative estimate of drug-likeness (QED) is 0.846. The Morgan fingerprint density at radius 1 is 1.00 bits per heavy atom. The van der Waals surface area contributed by atoms with Crippen LogP contribution in [0.25, 0.3) is 0 Å². The minimum atomic E-state index is -0.356. The van der Waals surface area contributed by atoms with E-state index in [1.165, 1.54) is 0 Å². The molecule has 0 amide bonds. The molecule has 0 aliphatic heterocycles. The molecule has 0 bridgehead atoms. The van der Waals surface area contributed by atoms with Gasteiger partial charge in [-0.1, -0.05) is 18.2 Å². The van der Waals surface area contributed by atoms with Crippen molar-refractivity contribution in [3.05, 3.63) is 54.6 Å². The molecular weight excluding hydrogens is 226 g/mol. The largest absolute Gasteiger partial charge is 0.457 e. The van der Waals surface area contributed by atoms with Gasteiger partial charge in [-0.15, -0.1) is 0 Å². The Balaban J connectivity index is 1.95. The third-order valence-electron chi connectivity index (χ3n) is 2.43. The van der Waals surface area contributed by atoms with E-state index in [-0.39, 0.29) is 6.10 Å². The van der Waals surface area contributed by atoms with Crippen molar-refractivity contribution in [1.82, 2.24) is 0 Å². The average molecular weight is 243 g/mol. The molecule has 3 heteroatoms. The van der Waals surface area contributed by atoms with Gasteiger partial charge >= 0.3 is 0 Å². The molecule has 3 nitrogen and oxygen atoms in total. The first kappa shape index (κ1) is 12.5. The summed E-state index contributed by atoms with van der Waals surface area (Å²) in [5.74, 6) is 1.62. The minimum Gasteiger partial charge on any atom is -0.457 e. The van der Waals surface area contributed by atoms with Crippen LogP contribution in [0.3, 0.4) is 0 Å². The third kappa shape index (κ3) is 3.79. The van der Waals surface area contributed by atoms with Gasteiger partial charge in [0.1, 0.15) is 11.5 Å². The highest BCUT2D eigenvalue weighted by molar-refractivity contribution is 5.47. The number of anilines is 1. The van der Waals surface area contributed by atoms with Crippen LogP contribution in [0.15, 0.2) is 54.6 Å². The van der Waals surface area contributed by atoms with Crippen molar-refractivity contribution in [3.8, 4) is 11.5 Å². The lowest BCUT2D eigenvalue weighted by molar-refractivity contribution is 0.208. The summed E-state index contributed by atoms with van der Waals surface area (Å²) in [6.45, 7) is 2.29. The number of hydrogen-bond acceptors (Lipinski definition) is 3. The van der Waals surface area contributed by atoms with Gasteiger partial charge in [0, 0.05) is 12.2 Å². The van der Waals surface area contributed by atoms with Crippen LogP contribution in [-0.4, -0.2) is 17.8 Å². The molecule has 0 heterocycles. The van der Waals surface area contributed by atoms with Gasteiger partial charge in [0.25, 0.3) is 0 Å². The molecule has 2 aromatic rings. The molecule has 0 fully saturated rings. The summed E-state index contributed by atoms with van der Waals surface area (Å²) in [6.07, 6.45) is -0.356. The van der Waals surface area contributed by atoms with E-state index < -0.39 is 0 Å². The molecule has 0 radical (unpaired) electrons. The SMILES string of the molecule is C[C@H](O)CNc1ccc(Oc2ccccc2)cc1. The van der Waals surface area contributed by atoms with Crippen LogP contribution in [-0.2, 0) is 0 Å². The van der Waals surface area contributed by atoms with Crippen LogP contribution in [0.1, 0.15) is 6.92 Å². The summed E-state index contributed by atoms with van der Waals surface area (Å²) in [4.78, 5) is 0. The molecule has 0 spiro atoms. The van der Waals surface area contributed by atoms with E-state index >= 15 is 0 Å². The van der Waals surface area contributed by atoms with Gasteiger partial charge in [-0.2, -0.15) is 0 Å². The highest BCUT2D eigenvalue weighted by atomic mass is 16.5. The molecule has 0 saturated carbocycles. The maximum Gasteiger partial charge on any atom is 0.127 e. The molecule has 18 heavy (non-hydrogen) atoms. The van der Waals surface area contributed by atoms with Crippen molar-refractivity contribution < 1.29 is 9.84 Å². The van der Waals surface area contributed by atoms with E-state index in [0.29, 0.717) is 6.54 Å². The molecule has 2 rings (SSSR count). The molecule has 1 atom stereocenters. The second-order valence-electron chi connectivity index (χ2n) is 4.17. The van der Waals surface area contributed by atoms with Gasteiger partial charge in [0.15, 0.2) is 0 Å². The summed E-state index contributed by atoms with van der Waals surface area (Å²) in [6, 6.07) is 17.3. The first-order valence-corrected chi connectivity index (χ1v) is 5.99. The van der Waals surface area contributed by atoms with Gasteiger partial charge in [0.05, 0.1) is 6.10 Å². The van der Waals surface area contributed by atoms with Crippen LogP contribution < -0.4 is 10.1 Å². The Kier molecular flexibility index (Phi) is 4.20. The van der Waals surface area contributed by atoms with Crippen LogP contribution in [0.2, 0.25) is 0 Å². The summed E-state index contributed by atoms with van der Waals surface area (Å²) in [5, 5.41) is 12.3. The maximum absolute atomic E-state index is 9.18. The number of aliphatic hydroxyl groups excluding tert-OH is 1. The van der Waals surface area contributed by atoms with Crippen molar-refractivity contribution >= 4 is 5.69 Å². The van der Waals surface area contributed by atoms with Crippen LogP contribution in [0.5, 0.6) is 11.5 Å². The number of para-hydroxylation sites is 1. The van der Waals surface area contributed by atoms with Gasteiger partial charge in [-0.25, -0.2) is 0 Å². The Hall–Kier alpha value is -2.00. The second-order valence-corrected chi connectivity index (χ2v) is 4.17. The van der Waals surface area contributed by atoms with E-state index in [1.807, 2.05) is 54.6 Å². The lowest BCUT2D eigenvalue weighted by Gasteiger charge is -2.09. The second kappa shape index (κ2) is 6.07. The summed E-state index contributed by atoms with van der Waals surface area (Å²) >= 11 is 0. The van der Waals surface area contributed by atoms with E-state index in [9.17, 15) is 5.11 Å². The number of benzene rings is 2. The Labute approximate surface area is 107 Å². The maximum atomic E-state index is 9.18. The van der Waals surface area contributed by atoms with Crippen molar-refractivity contribution in [1.29, 1.82) is 0 Å². The molecule has 0 aliphatic rings.